The quantitative estimate of drug-likeness (QED) is 0.265. The van der Waals surface area contributed by atoms with Crippen molar-refractivity contribution in [2.45, 2.75) is 31.5 Å². The highest BCUT2D eigenvalue weighted by atomic mass is 35.5. The average molecular weight is 643 g/mol. The number of nitriles is 1. The molecule has 0 saturated heterocycles. The topological polar surface area (TPSA) is 131 Å². The number of aromatic nitrogens is 5. The lowest BCUT2D eigenvalue weighted by Gasteiger charge is -2.27. The highest BCUT2D eigenvalue weighted by molar-refractivity contribution is 6.32. The molecule has 2 heterocycles. The number of carbonyl (C=O) groups excluding carboxylic acids is 2. The smallest absolute Gasteiger partial charge is 0.355 e. The summed E-state index contributed by atoms with van der Waals surface area (Å²) in [6, 6.07) is 11.8. The molecule has 2 N–H and O–H groups in total. The normalized spacial score (nSPS) is 12.1. The summed E-state index contributed by atoms with van der Waals surface area (Å²) in [6.07, 6.45) is -12.8. The van der Waals surface area contributed by atoms with Gasteiger partial charge in [-0.1, -0.05) is 23.7 Å². The summed E-state index contributed by atoms with van der Waals surface area (Å²) in [4.78, 5) is 26.4. The number of hydrogen-bond acceptors (Lipinski definition) is 6. The molecule has 2 amide bonds. The van der Waals surface area contributed by atoms with E-state index in [0.29, 0.717) is 10.4 Å². The summed E-state index contributed by atoms with van der Waals surface area (Å²) in [5, 5.41) is 25.0. The van der Waals surface area contributed by atoms with Gasteiger partial charge in [-0.25, -0.2) is 9.07 Å². The van der Waals surface area contributed by atoms with Gasteiger partial charge in [0, 0.05) is 7.05 Å². The van der Waals surface area contributed by atoms with Crippen LogP contribution in [0.15, 0.2) is 48.7 Å². The number of anilines is 1. The molecule has 2 aromatic heterocycles. The second kappa shape index (κ2) is 11.6. The van der Waals surface area contributed by atoms with Gasteiger partial charge in [-0.05, 0) is 42.8 Å². The van der Waals surface area contributed by atoms with E-state index >= 15 is 0 Å². The van der Waals surface area contributed by atoms with Gasteiger partial charge in [-0.3, -0.25) is 9.59 Å². The van der Waals surface area contributed by atoms with E-state index < -0.39 is 42.1 Å². The second-order valence-electron chi connectivity index (χ2n) is 9.16. The number of benzene rings is 2. The van der Waals surface area contributed by atoms with Crippen molar-refractivity contribution in [2.24, 2.45) is 0 Å². The first-order chi connectivity index (χ1) is 20.5. The number of rotatable bonds is 7. The van der Waals surface area contributed by atoms with Crippen LogP contribution in [0.5, 0.6) is 0 Å². The Labute approximate surface area is 248 Å². The lowest BCUT2D eigenvalue weighted by molar-refractivity contribution is -0.350. The second-order valence-corrected chi connectivity index (χ2v) is 9.57. The Morgan fingerprint density at radius 2 is 1.66 bits per heavy atom. The molecule has 0 radical (unpaired) electrons. The molecular weight excluding hydrogens is 625 g/mol. The van der Waals surface area contributed by atoms with Crippen molar-refractivity contribution in [1.29, 1.82) is 5.26 Å². The molecule has 0 aliphatic rings. The zero-order chi connectivity index (χ0) is 32.6. The minimum atomic E-state index is -6.39. The lowest BCUT2D eigenvalue weighted by Crippen LogP contribution is -2.50. The first-order valence-corrected chi connectivity index (χ1v) is 12.5. The monoisotopic (exact) mass is 642 g/mol. The third-order valence-corrected chi connectivity index (χ3v) is 6.54. The zero-order valence-electron chi connectivity index (χ0n) is 22.3. The Kier molecular flexibility index (Phi) is 8.42. The molecule has 4 rings (SSSR count). The van der Waals surface area contributed by atoms with Gasteiger partial charge in [-0.2, -0.15) is 51.7 Å². The van der Waals surface area contributed by atoms with E-state index in [0.717, 1.165) is 10.7 Å². The van der Waals surface area contributed by atoms with Crippen LogP contribution in [0.1, 0.15) is 43.4 Å². The van der Waals surface area contributed by atoms with E-state index in [9.17, 15) is 45.6 Å². The van der Waals surface area contributed by atoms with Crippen molar-refractivity contribution in [3.8, 4) is 11.8 Å². The van der Waals surface area contributed by atoms with Crippen LogP contribution in [-0.4, -0.2) is 56.0 Å². The van der Waals surface area contributed by atoms with Crippen LogP contribution in [0.25, 0.3) is 5.69 Å². The third kappa shape index (κ3) is 5.80. The number of halogens is 8. The number of nitrogens with zero attached hydrogens (tertiary/aromatic N) is 6. The van der Waals surface area contributed by atoms with Crippen molar-refractivity contribution in [3.63, 3.8) is 0 Å². The van der Waals surface area contributed by atoms with E-state index in [1.54, 1.807) is 12.1 Å². The van der Waals surface area contributed by atoms with E-state index in [-0.39, 0.29) is 45.1 Å². The van der Waals surface area contributed by atoms with Crippen LogP contribution in [-0.2, 0) is 12.2 Å². The Bertz CT molecular complexity index is 1780. The summed E-state index contributed by atoms with van der Waals surface area (Å²) >= 11 is 6.29. The maximum atomic E-state index is 14.4. The Morgan fingerprint density at radius 1 is 1.00 bits per heavy atom. The molecule has 0 unspecified atom stereocenters. The van der Waals surface area contributed by atoms with Crippen LogP contribution in [0, 0.1) is 18.3 Å². The van der Waals surface area contributed by atoms with Gasteiger partial charge >= 0.3 is 18.0 Å². The summed E-state index contributed by atoms with van der Waals surface area (Å²) in [5.41, 5.74) is -7.58. The Hall–Kier alpha value is -4.98. The molecular formula is C26H18ClF7N8O2. The Morgan fingerprint density at radius 3 is 2.25 bits per heavy atom. The minimum absolute atomic E-state index is 0.00631. The summed E-state index contributed by atoms with van der Waals surface area (Å²) < 4.78 is 94.4. The number of alkyl halides is 7. The number of aryl methyl sites for hydroxylation is 1. The summed E-state index contributed by atoms with van der Waals surface area (Å²) in [5.74, 6) is -1.49. The molecule has 0 aliphatic carbocycles. The maximum absolute atomic E-state index is 14.4. The first-order valence-electron chi connectivity index (χ1n) is 12.2. The largest absolute Gasteiger partial charge is 0.437 e. The summed E-state index contributed by atoms with van der Waals surface area (Å²) in [6.45, 7) is 0.844. The third-order valence-electron chi connectivity index (χ3n) is 6.22. The van der Waals surface area contributed by atoms with Crippen LogP contribution in [0.4, 0.5) is 36.4 Å². The maximum Gasteiger partial charge on any atom is 0.437 e. The van der Waals surface area contributed by atoms with Gasteiger partial charge in [0.05, 0.1) is 45.5 Å². The molecule has 18 heteroatoms. The SMILES string of the molecule is CNC(=O)c1cc(C#N)cc(C)c1NC(=O)c1cc(Cn2ncc(C(F)(C(F)(F)F)C(F)(F)F)n2)nn1-c1ccccc1Cl. The average Bonchev–Trinajstić information content (AvgIpc) is 3.59. The van der Waals surface area contributed by atoms with E-state index in [2.05, 4.69) is 25.9 Å². The number of amides is 2. The highest BCUT2D eigenvalue weighted by Gasteiger charge is 2.75. The lowest BCUT2D eigenvalue weighted by atomic mass is 10.0. The van der Waals surface area contributed by atoms with Gasteiger partial charge in [0.25, 0.3) is 11.8 Å². The molecule has 0 spiro atoms. The number of nitrogens with one attached hydrogen (secondary N) is 2. The van der Waals surface area contributed by atoms with Crippen molar-refractivity contribution in [1.82, 2.24) is 30.1 Å². The fourth-order valence-electron chi connectivity index (χ4n) is 4.11. The van der Waals surface area contributed by atoms with Gasteiger partial charge in [-0.15, -0.1) is 0 Å². The molecule has 0 fully saturated rings. The molecule has 0 aliphatic heterocycles. The van der Waals surface area contributed by atoms with Crippen molar-refractivity contribution < 1.29 is 40.3 Å². The highest BCUT2D eigenvalue weighted by Crippen LogP contribution is 2.52. The van der Waals surface area contributed by atoms with Gasteiger partial charge < -0.3 is 10.6 Å². The number of hydrogen-bond donors (Lipinski definition) is 2. The molecule has 4 aromatic rings. The number of para-hydroxylation sites is 1. The fraction of sp³-hybridized carbons (Fsp3) is 0.231. The molecule has 0 saturated carbocycles. The van der Waals surface area contributed by atoms with Gasteiger partial charge in [0.2, 0.25) is 0 Å². The number of carbonyl (C=O) groups is 2. The van der Waals surface area contributed by atoms with Crippen molar-refractivity contribution >= 4 is 29.1 Å². The van der Waals surface area contributed by atoms with Crippen molar-refractivity contribution in [3.05, 3.63) is 87.5 Å². The van der Waals surface area contributed by atoms with Gasteiger partial charge in [0.15, 0.2) is 0 Å². The van der Waals surface area contributed by atoms with E-state index in [1.165, 1.54) is 38.2 Å². The predicted molar refractivity (Wildman–Crippen MR) is 140 cm³/mol. The first kappa shape index (κ1) is 31.9. The zero-order valence-corrected chi connectivity index (χ0v) is 23.1. The van der Waals surface area contributed by atoms with Gasteiger partial charge in [0.1, 0.15) is 17.9 Å². The molecule has 0 bridgehead atoms. The predicted octanol–water partition coefficient (Wildman–Crippen LogP) is 5.25. The minimum Gasteiger partial charge on any atom is -0.355 e. The molecule has 0 atom stereocenters. The van der Waals surface area contributed by atoms with Crippen LogP contribution >= 0.6 is 11.6 Å². The molecule has 44 heavy (non-hydrogen) atoms. The van der Waals surface area contributed by atoms with Crippen LogP contribution < -0.4 is 10.6 Å². The van der Waals surface area contributed by atoms with Crippen molar-refractivity contribution in [2.75, 3.05) is 12.4 Å². The van der Waals surface area contributed by atoms with Crippen LogP contribution in [0.3, 0.4) is 0 Å². The van der Waals surface area contributed by atoms with Crippen LogP contribution in [0.2, 0.25) is 5.02 Å². The van der Waals surface area contributed by atoms with E-state index in [4.69, 9.17) is 11.6 Å². The Balaban J connectivity index is 1.77. The molecule has 10 nitrogen and oxygen atoms in total. The molecule has 230 valence electrons. The van der Waals surface area contributed by atoms with E-state index in [1.807, 2.05) is 6.07 Å². The summed E-state index contributed by atoms with van der Waals surface area (Å²) in [7, 11) is 1.34. The fourth-order valence-corrected chi connectivity index (χ4v) is 4.33. The molecule has 2 aromatic carbocycles. The standard InChI is InChI=1S/C26H18ClF7N8O2/c1-13-7-14(10-35)8-16(22(43)36-2)21(13)38-23(44)19-9-15(39-42(19)18-6-4-3-5-17(18)27)12-41-37-11-20(40-41)24(28,25(29,30)31)26(32,33)34/h3-9,11H,12H2,1-2H3,(H,36,43)(H,38,44).